The van der Waals surface area contributed by atoms with Crippen LogP contribution >= 0.6 is 22.7 Å². The van der Waals surface area contributed by atoms with Gasteiger partial charge in [0.15, 0.2) is 0 Å². The molecule has 0 N–H and O–H groups in total. The maximum absolute atomic E-state index is 2.50. The fourth-order valence-corrected chi connectivity index (χ4v) is 21.8. The summed E-state index contributed by atoms with van der Waals surface area (Å²) in [5.41, 5.74) is 23.0. The fourth-order valence-electron chi connectivity index (χ4n) is 19.3. The summed E-state index contributed by atoms with van der Waals surface area (Å²) in [5.74, 6) is 0. The molecule has 0 amide bonds. The maximum Gasteiger partial charge on any atom is 0.0540 e. The van der Waals surface area contributed by atoms with Crippen molar-refractivity contribution >= 4 is 183 Å². The first-order valence-electron chi connectivity index (χ1n) is 41.2. The number of nitrogens with zero attached hydrogens (tertiary/aromatic N) is 2. The standard InChI is InChI=1S/C116H72N2S2/c1-2-22-73(23-3-1)95-62-63-112(105-42-19-18-38-101(95)105)118(90-56-61-107-109-59-49-75-25-5-11-35-98(75)116(109)120-114(107)72-90)88-30-20-28-78(68-88)83-65-84(67-85(66-83)110-69-81-26-6-8-32-93(81)99-36-14-16-40-103(99)110)79-50-57-96-80(64-79)29-21-43-91(96)76-44-51-86(52-45-76)117(89-55-60-106-108-58-48-74-24-4-10-34-97(74)115(108)119-113(106)71-89)87-53-46-77(47-54-87)92-31-12-13-39-102(92)111-70-82-27-7-9-33-94(82)100-37-15-17-41-104(100)111/h1-72H. The lowest BCUT2D eigenvalue weighted by Crippen LogP contribution is -2.10. The summed E-state index contributed by atoms with van der Waals surface area (Å²) in [6.07, 6.45) is 0. The summed E-state index contributed by atoms with van der Waals surface area (Å²) in [5, 5.41) is 24.9. The molecule has 0 atom stereocenters. The van der Waals surface area contributed by atoms with Crippen molar-refractivity contribution in [3.63, 3.8) is 0 Å². The lowest BCUT2D eigenvalue weighted by atomic mass is 9.88. The SMILES string of the molecule is c1ccc(-c2ccc(N(c3cccc(-c4cc(-c5ccc6c(-c7ccc(N(c8ccc(-c9ccccc9-c9cc%10ccccc%10c%10ccccc9%10)cc8)c8ccc9c(c8)sc8c%10ccccc%10ccc98)cc7)cccc6c5)cc(-c5cc6ccccc6c6ccccc56)c4)c3)c3ccc4c(c3)sc3c5ccccc5ccc43)c3ccccc23)cc1. The molecule has 0 radical (unpaired) electrons. The van der Waals surface area contributed by atoms with Gasteiger partial charge in [-0.25, -0.2) is 0 Å². The van der Waals surface area contributed by atoms with E-state index < -0.39 is 0 Å². The number of benzene rings is 22. The van der Waals surface area contributed by atoms with Crippen LogP contribution in [-0.4, -0.2) is 0 Å². The first-order valence-corrected chi connectivity index (χ1v) is 42.9. The van der Waals surface area contributed by atoms with Gasteiger partial charge in [0.2, 0.25) is 0 Å². The number of fused-ring (bicyclic) bond motifs is 18. The lowest BCUT2D eigenvalue weighted by Gasteiger charge is -2.28. The normalized spacial score (nSPS) is 11.8. The number of hydrogen-bond donors (Lipinski definition) is 0. The Morgan fingerprint density at radius 2 is 0.525 bits per heavy atom. The second-order valence-corrected chi connectivity index (χ2v) is 33.8. The molecule has 558 valence electrons. The minimum absolute atomic E-state index is 1.07. The summed E-state index contributed by atoms with van der Waals surface area (Å²) in [6.45, 7) is 0. The van der Waals surface area contributed by atoms with Crippen molar-refractivity contribution in [2.45, 2.75) is 0 Å². The third-order valence-corrected chi connectivity index (χ3v) is 27.4. The second kappa shape index (κ2) is 28.4. The molecule has 0 fully saturated rings. The highest BCUT2D eigenvalue weighted by Gasteiger charge is 2.24. The average molecular weight is 1560 g/mol. The largest absolute Gasteiger partial charge is 0.310 e. The van der Waals surface area contributed by atoms with Crippen LogP contribution in [-0.2, 0) is 0 Å². The van der Waals surface area contributed by atoms with Crippen LogP contribution < -0.4 is 9.80 Å². The molecule has 24 aromatic rings. The molecule has 4 heteroatoms. The Morgan fingerprint density at radius 1 is 0.142 bits per heavy atom. The van der Waals surface area contributed by atoms with Crippen molar-refractivity contribution < 1.29 is 0 Å². The molecule has 0 aliphatic carbocycles. The van der Waals surface area contributed by atoms with E-state index in [1.165, 1.54) is 165 Å². The molecule has 22 aromatic carbocycles. The smallest absolute Gasteiger partial charge is 0.0540 e. The van der Waals surface area contributed by atoms with E-state index >= 15 is 0 Å². The number of hydrogen-bond acceptors (Lipinski definition) is 4. The summed E-state index contributed by atoms with van der Waals surface area (Å²) in [7, 11) is 0. The van der Waals surface area contributed by atoms with Gasteiger partial charge in [0.05, 0.1) is 5.69 Å². The van der Waals surface area contributed by atoms with Crippen LogP contribution in [0, 0.1) is 0 Å². The molecule has 0 saturated carbocycles. The number of rotatable bonds is 13. The van der Waals surface area contributed by atoms with Crippen LogP contribution in [0.4, 0.5) is 34.1 Å². The Kier molecular flexibility index (Phi) is 16.4. The van der Waals surface area contributed by atoms with Crippen molar-refractivity contribution in [2.75, 3.05) is 9.80 Å². The summed E-state index contributed by atoms with van der Waals surface area (Å²) in [6, 6.07) is 163. The average Bonchev–Trinajstić information content (AvgIpc) is 1.56. The van der Waals surface area contributed by atoms with Gasteiger partial charge in [-0.3, -0.25) is 0 Å². The van der Waals surface area contributed by atoms with E-state index in [1.807, 2.05) is 22.7 Å². The van der Waals surface area contributed by atoms with Gasteiger partial charge in [0.1, 0.15) is 0 Å². The summed E-state index contributed by atoms with van der Waals surface area (Å²) in [4.78, 5) is 4.93. The van der Waals surface area contributed by atoms with Gasteiger partial charge in [0, 0.05) is 74.2 Å². The van der Waals surface area contributed by atoms with Crippen LogP contribution in [0.15, 0.2) is 437 Å². The zero-order chi connectivity index (χ0) is 78.9. The molecule has 0 saturated heterocycles. The minimum Gasteiger partial charge on any atom is -0.310 e. The molecule has 0 unspecified atom stereocenters. The number of thiophene rings is 2. The van der Waals surface area contributed by atoms with Crippen LogP contribution in [0.5, 0.6) is 0 Å². The Morgan fingerprint density at radius 3 is 1.14 bits per heavy atom. The fraction of sp³-hybridized carbons (Fsp3) is 0. The van der Waals surface area contributed by atoms with Gasteiger partial charge in [-0.2, -0.15) is 0 Å². The molecule has 2 nitrogen and oxygen atoms in total. The first-order chi connectivity index (χ1) is 59.5. The second-order valence-electron chi connectivity index (χ2n) is 31.7. The molecule has 2 aromatic heterocycles. The maximum atomic E-state index is 2.50. The number of anilines is 6. The molecule has 120 heavy (non-hydrogen) atoms. The Bertz CT molecular complexity index is 8300. The van der Waals surface area contributed by atoms with Gasteiger partial charge < -0.3 is 9.80 Å². The van der Waals surface area contributed by atoms with Crippen LogP contribution in [0.3, 0.4) is 0 Å². The van der Waals surface area contributed by atoms with Crippen LogP contribution in [0.1, 0.15) is 0 Å². The summed E-state index contributed by atoms with van der Waals surface area (Å²) < 4.78 is 5.15. The summed E-state index contributed by atoms with van der Waals surface area (Å²) >= 11 is 3.77. The Hall–Kier alpha value is -15.0. The van der Waals surface area contributed by atoms with Crippen molar-refractivity contribution in [1.29, 1.82) is 0 Å². The zero-order valence-electron chi connectivity index (χ0n) is 65.3. The van der Waals surface area contributed by atoms with E-state index in [1.54, 1.807) is 0 Å². The first kappa shape index (κ1) is 69.3. The van der Waals surface area contributed by atoms with Crippen LogP contribution in [0.2, 0.25) is 0 Å². The van der Waals surface area contributed by atoms with E-state index in [9.17, 15) is 0 Å². The molecule has 24 rings (SSSR count). The van der Waals surface area contributed by atoms with Crippen LogP contribution in [0.25, 0.3) is 204 Å². The van der Waals surface area contributed by atoms with E-state index in [0.717, 1.165) is 73.1 Å². The van der Waals surface area contributed by atoms with Gasteiger partial charge in [0.25, 0.3) is 0 Å². The third kappa shape index (κ3) is 11.7. The molecule has 0 bridgehead atoms. The predicted molar refractivity (Wildman–Crippen MR) is 520 cm³/mol. The third-order valence-electron chi connectivity index (χ3n) is 25.0. The van der Waals surface area contributed by atoms with E-state index in [0.29, 0.717) is 0 Å². The van der Waals surface area contributed by atoms with Gasteiger partial charge in [-0.15, -0.1) is 22.7 Å². The zero-order valence-corrected chi connectivity index (χ0v) is 66.9. The van der Waals surface area contributed by atoms with Crippen molar-refractivity contribution in [1.82, 2.24) is 0 Å². The van der Waals surface area contributed by atoms with Gasteiger partial charge in [-0.05, 0) is 262 Å². The highest BCUT2D eigenvalue weighted by Crippen LogP contribution is 2.51. The van der Waals surface area contributed by atoms with Crippen molar-refractivity contribution in [3.8, 4) is 77.9 Å². The van der Waals surface area contributed by atoms with Gasteiger partial charge in [-0.1, -0.05) is 334 Å². The molecule has 0 aliphatic heterocycles. The van der Waals surface area contributed by atoms with E-state index in [4.69, 9.17) is 0 Å². The highest BCUT2D eigenvalue weighted by atomic mass is 32.1. The molecular formula is C116H72N2S2. The quantitative estimate of drug-likeness (QED) is 0.106. The monoisotopic (exact) mass is 1560 g/mol. The molecule has 0 spiro atoms. The van der Waals surface area contributed by atoms with E-state index in [2.05, 4.69) is 447 Å². The van der Waals surface area contributed by atoms with Crippen molar-refractivity contribution in [3.05, 3.63) is 437 Å². The molecular weight excluding hydrogens is 1490 g/mol. The van der Waals surface area contributed by atoms with E-state index in [-0.39, 0.29) is 0 Å². The predicted octanol–water partition coefficient (Wildman–Crippen LogP) is 34.3. The van der Waals surface area contributed by atoms with Gasteiger partial charge >= 0.3 is 0 Å². The van der Waals surface area contributed by atoms with Crippen molar-refractivity contribution in [2.24, 2.45) is 0 Å². The topological polar surface area (TPSA) is 6.48 Å². The minimum atomic E-state index is 1.07. The Balaban J connectivity index is 0.624. The molecule has 2 heterocycles. The highest BCUT2D eigenvalue weighted by molar-refractivity contribution is 7.27. The molecule has 0 aliphatic rings. The Labute approximate surface area is 702 Å². The lowest BCUT2D eigenvalue weighted by molar-refractivity contribution is 1.29.